The standard InChI is InChI=1S/C46H74O8Si2/c1-16-22-34(38(47)27-40(54-56(14,15)45(9,10)11)46(39(17-2)53-46)43(48)49-18-3)36-29-51-42-35(36)26-33(25-31(4)5)41(50-28-32-23-20-19-21-24-32)37(42)30-52-55(12,13)44(6,7)8/h19-21,23-24,26,29,31,34,38-40,47H,16-18,22,25,27-28,30H2,1-15H3/t34?,38?,39-,40+,46?/m0/s1. The van der Waals surface area contributed by atoms with Crippen LogP contribution in [0.3, 0.4) is 0 Å². The summed E-state index contributed by atoms with van der Waals surface area (Å²) in [4.78, 5) is 13.8. The van der Waals surface area contributed by atoms with E-state index in [2.05, 4.69) is 107 Å². The van der Waals surface area contributed by atoms with Gasteiger partial charge in [-0.1, -0.05) is 106 Å². The van der Waals surface area contributed by atoms with E-state index in [1.165, 1.54) is 0 Å². The van der Waals surface area contributed by atoms with E-state index in [4.69, 9.17) is 27.5 Å². The number of hydrogen-bond donors (Lipinski definition) is 1. The minimum atomic E-state index is -2.43. The Morgan fingerprint density at radius 1 is 0.946 bits per heavy atom. The summed E-state index contributed by atoms with van der Waals surface area (Å²) >= 11 is 0. The molecule has 5 atom stereocenters. The third-order valence-corrected chi connectivity index (χ3v) is 21.6. The van der Waals surface area contributed by atoms with Crippen LogP contribution >= 0.6 is 0 Å². The predicted molar refractivity (Wildman–Crippen MR) is 232 cm³/mol. The lowest BCUT2D eigenvalue weighted by atomic mass is 9.83. The lowest BCUT2D eigenvalue weighted by Gasteiger charge is -2.41. The molecule has 3 aromatic rings. The summed E-state index contributed by atoms with van der Waals surface area (Å²) in [7, 11) is -4.59. The monoisotopic (exact) mass is 810 g/mol. The van der Waals surface area contributed by atoms with Crippen LogP contribution in [-0.4, -0.2) is 58.2 Å². The minimum Gasteiger partial charge on any atom is -0.488 e. The van der Waals surface area contributed by atoms with E-state index in [1.807, 2.05) is 38.3 Å². The number of epoxide rings is 1. The van der Waals surface area contributed by atoms with Crippen molar-refractivity contribution in [2.75, 3.05) is 6.61 Å². The molecule has 56 heavy (non-hydrogen) atoms. The van der Waals surface area contributed by atoms with E-state index in [-0.39, 0.29) is 35.1 Å². The molecule has 0 radical (unpaired) electrons. The van der Waals surface area contributed by atoms with Crippen LogP contribution in [0.1, 0.15) is 130 Å². The van der Waals surface area contributed by atoms with Gasteiger partial charge in [0.2, 0.25) is 5.60 Å². The highest BCUT2D eigenvalue weighted by atomic mass is 28.4. The maximum Gasteiger partial charge on any atom is 0.343 e. The van der Waals surface area contributed by atoms with Gasteiger partial charge < -0.3 is 32.6 Å². The highest BCUT2D eigenvalue weighted by molar-refractivity contribution is 6.74. The van der Waals surface area contributed by atoms with Gasteiger partial charge in [0.15, 0.2) is 16.6 Å². The molecule has 1 aliphatic rings. The van der Waals surface area contributed by atoms with Gasteiger partial charge in [0.05, 0.1) is 37.2 Å². The molecule has 0 aliphatic carbocycles. The van der Waals surface area contributed by atoms with Gasteiger partial charge >= 0.3 is 5.97 Å². The Morgan fingerprint density at radius 2 is 1.59 bits per heavy atom. The number of aliphatic hydroxyl groups excluding tert-OH is 1. The molecule has 0 spiro atoms. The molecule has 314 valence electrons. The fourth-order valence-corrected chi connectivity index (χ4v) is 9.48. The maximum atomic E-state index is 13.8. The van der Waals surface area contributed by atoms with Crippen molar-refractivity contribution in [1.82, 2.24) is 0 Å². The third-order valence-electron chi connectivity index (χ3n) is 12.6. The average Bonchev–Trinajstić information content (AvgIpc) is 3.72. The van der Waals surface area contributed by atoms with Crippen molar-refractivity contribution in [1.29, 1.82) is 0 Å². The van der Waals surface area contributed by atoms with Crippen molar-refractivity contribution in [2.24, 2.45) is 5.92 Å². The van der Waals surface area contributed by atoms with E-state index in [9.17, 15) is 9.90 Å². The van der Waals surface area contributed by atoms with Crippen LogP contribution in [0, 0.1) is 5.92 Å². The van der Waals surface area contributed by atoms with Crippen molar-refractivity contribution in [2.45, 2.75) is 188 Å². The first kappa shape index (κ1) is 46.2. The fraction of sp³-hybridized carbons (Fsp3) is 0.674. The van der Waals surface area contributed by atoms with Gasteiger partial charge in [-0.25, -0.2) is 4.79 Å². The topological polar surface area (TPSA) is 99.9 Å². The molecule has 1 fully saturated rings. The molecule has 1 N–H and O–H groups in total. The van der Waals surface area contributed by atoms with Crippen molar-refractivity contribution < 1.29 is 37.4 Å². The molecule has 0 bridgehead atoms. The van der Waals surface area contributed by atoms with Gasteiger partial charge in [0, 0.05) is 23.3 Å². The van der Waals surface area contributed by atoms with Crippen molar-refractivity contribution in [3.05, 3.63) is 64.9 Å². The van der Waals surface area contributed by atoms with E-state index in [0.29, 0.717) is 32.0 Å². The van der Waals surface area contributed by atoms with Crippen LogP contribution < -0.4 is 4.74 Å². The second-order valence-electron chi connectivity index (χ2n) is 19.4. The molecular formula is C46H74O8Si2. The van der Waals surface area contributed by atoms with Gasteiger partial charge in [-0.2, -0.15) is 0 Å². The number of ether oxygens (including phenoxy) is 3. The van der Waals surface area contributed by atoms with E-state index < -0.39 is 40.4 Å². The maximum absolute atomic E-state index is 13.8. The van der Waals surface area contributed by atoms with Crippen molar-refractivity contribution >= 4 is 33.6 Å². The lowest BCUT2D eigenvalue weighted by molar-refractivity contribution is -0.154. The fourth-order valence-electron chi connectivity index (χ4n) is 7.21. The van der Waals surface area contributed by atoms with E-state index >= 15 is 0 Å². The van der Waals surface area contributed by atoms with Gasteiger partial charge in [-0.3, -0.25) is 0 Å². The highest BCUT2D eigenvalue weighted by Crippen LogP contribution is 2.50. The molecule has 0 amide bonds. The number of furan rings is 1. The van der Waals surface area contributed by atoms with Crippen LogP contribution in [0.15, 0.2) is 47.1 Å². The number of hydrogen-bond acceptors (Lipinski definition) is 8. The third kappa shape index (κ3) is 10.2. The van der Waals surface area contributed by atoms with Gasteiger partial charge in [-0.05, 0) is 85.6 Å². The van der Waals surface area contributed by atoms with Crippen LogP contribution in [0.25, 0.3) is 11.0 Å². The predicted octanol–water partition coefficient (Wildman–Crippen LogP) is 11.9. The van der Waals surface area contributed by atoms with Crippen LogP contribution in [0.5, 0.6) is 5.75 Å². The average molecular weight is 811 g/mol. The number of aliphatic hydroxyl groups is 1. The molecule has 0 saturated carbocycles. The molecule has 3 unspecified atom stereocenters. The SMILES string of the molecule is CCCC(c1coc2c(CO[Si](C)(C)C(C)(C)C)c(OCc3ccccc3)c(CC(C)C)cc12)C(O)C[C@@H](O[Si](C)(C)C(C)(C)C)C1(C(=O)OCC)O[C@H]1CC. The molecule has 4 rings (SSSR count). The Labute approximate surface area is 340 Å². The second-order valence-corrected chi connectivity index (χ2v) is 29.0. The molecule has 1 saturated heterocycles. The minimum absolute atomic E-state index is 0.0172. The Balaban J connectivity index is 1.86. The van der Waals surface area contributed by atoms with Crippen LogP contribution in [0.4, 0.5) is 0 Å². The van der Waals surface area contributed by atoms with Crippen LogP contribution in [-0.2, 0) is 42.8 Å². The molecule has 1 aromatic heterocycles. The number of carbonyl (C=O) groups excluding carboxylic acids is 1. The highest BCUT2D eigenvalue weighted by Gasteiger charge is 2.69. The quantitative estimate of drug-likeness (QED) is 0.0684. The van der Waals surface area contributed by atoms with Gasteiger partial charge in [0.1, 0.15) is 24.0 Å². The Morgan fingerprint density at radius 3 is 2.12 bits per heavy atom. The van der Waals surface area contributed by atoms with Crippen LogP contribution in [0.2, 0.25) is 36.3 Å². The zero-order chi connectivity index (χ0) is 41.9. The first-order valence-electron chi connectivity index (χ1n) is 21.1. The summed E-state index contributed by atoms with van der Waals surface area (Å²) in [5.74, 6) is 0.488. The normalized spacial score (nSPS) is 19.6. The number of benzene rings is 2. The molecule has 8 nitrogen and oxygen atoms in total. The lowest BCUT2D eigenvalue weighted by Crippen LogP contribution is -2.53. The first-order chi connectivity index (χ1) is 26.0. The number of rotatable bonds is 20. The molecule has 10 heteroatoms. The molecule has 2 heterocycles. The summed E-state index contributed by atoms with van der Waals surface area (Å²) in [6.45, 7) is 33.7. The zero-order valence-corrected chi connectivity index (χ0v) is 39.4. The smallest absolute Gasteiger partial charge is 0.343 e. The molecule has 1 aliphatic heterocycles. The van der Waals surface area contributed by atoms with E-state index in [0.717, 1.165) is 51.8 Å². The first-order valence-corrected chi connectivity index (χ1v) is 26.9. The van der Waals surface area contributed by atoms with Gasteiger partial charge in [-0.15, -0.1) is 0 Å². The Bertz CT molecular complexity index is 1740. The van der Waals surface area contributed by atoms with E-state index in [1.54, 1.807) is 0 Å². The number of carbonyl (C=O) groups is 1. The molecule has 2 aromatic carbocycles. The summed E-state index contributed by atoms with van der Waals surface area (Å²) in [6, 6.07) is 12.5. The summed E-state index contributed by atoms with van der Waals surface area (Å²) in [5.41, 5.74) is 3.53. The van der Waals surface area contributed by atoms with Gasteiger partial charge in [0.25, 0.3) is 0 Å². The number of fused-ring (bicyclic) bond motifs is 1. The van der Waals surface area contributed by atoms with Crippen molar-refractivity contribution in [3.8, 4) is 5.75 Å². The Kier molecular flexibility index (Phi) is 15.0. The second kappa shape index (κ2) is 18.2. The largest absolute Gasteiger partial charge is 0.488 e. The molecular weight excluding hydrogens is 737 g/mol. The summed E-state index contributed by atoms with van der Waals surface area (Å²) < 4.78 is 39.3. The zero-order valence-electron chi connectivity index (χ0n) is 37.4. The summed E-state index contributed by atoms with van der Waals surface area (Å²) in [6.07, 6.45) is 3.19. The Hall–Kier alpha value is -2.48. The number of esters is 1. The van der Waals surface area contributed by atoms with Crippen molar-refractivity contribution in [3.63, 3.8) is 0 Å². The summed E-state index contributed by atoms with van der Waals surface area (Å²) in [5, 5.41) is 13.4.